The molecule has 0 saturated carbocycles. The molecule has 0 spiro atoms. The lowest BCUT2D eigenvalue weighted by molar-refractivity contribution is 0.103. The molecule has 0 aliphatic heterocycles. The van der Waals surface area contributed by atoms with Crippen molar-refractivity contribution < 1.29 is 9.15 Å². The summed E-state index contributed by atoms with van der Waals surface area (Å²) >= 11 is 0. The standard InChI is InChI=1S/C15H20N2O2/c1-16-11-14-6-10-19-15(14)12-18-9-2-3-13-4-7-17-8-5-13/h4-8,10,16H,2-3,9,11-12H2,1H3. The smallest absolute Gasteiger partial charge is 0.133 e. The van der Waals surface area contributed by atoms with Crippen LogP contribution in [0.15, 0.2) is 41.3 Å². The summed E-state index contributed by atoms with van der Waals surface area (Å²) in [7, 11) is 1.92. The molecule has 2 aromatic heterocycles. The second kappa shape index (κ2) is 7.71. The summed E-state index contributed by atoms with van der Waals surface area (Å²) in [5.41, 5.74) is 2.46. The molecule has 19 heavy (non-hydrogen) atoms. The first kappa shape index (κ1) is 13.8. The van der Waals surface area contributed by atoms with Crippen LogP contribution < -0.4 is 5.32 Å². The van der Waals surface area contributed by atoms with E-state index in [0.717, 1.165) is 37.3 Å². The topological polar surface area (TPSA) is 47.3 Å². The fourth-order valence-electron chi connectivity index (χ4n) is 1.93. The molecule has 0 amide bonds. The first-order valence-corrected chi connectivity index (χ1v) is 6.56. The highest BCUT2D eigenvalue weighted by molar-refractivity contribution is 5.16. The maximum absolute atomic E-state index is 5.65. The number of hydrogen-bond donors (Lipinski definition) is 1. The summed E-state index contributed by atoms with van der Waals surface area (Å²) in [6.45, 7) is 2.09. The van der Waals surface area contributed by atoms with Gasteiger partial charge in [0.25, 0.3) is 0 Å². The Hall–Kier alpha value is -1.65. The van der Waals surface area contributed by atoms with E-state index in [2.05, 4.69) is 10.3 Å². The van der Waals surface area contributed by atoms with E-state index in [1.807, 2.05) is 37.6 Å². The first-order valence-electron chi connectivity index (χ1n) is 6.56. The van der Waals surface area contributed by atoms with Gasteiger partial charge in [0.1, 0.15) is 12.4 Å². The van der Waals surface area contributed by atoms with Crippen LogP contribution in [0, 0.1) is 0 Å². The number of aryl methyl sites for hydroxylation is 1. The second-order valence-electron chi connectivity index (χ2n) is 4.41. The lowest BCUT2D eigenvalue weighted by Crippen LogP contribution is -2.07. The van der Waals surface area contributed by atoms with Crippen LogP contribution in [-0.2, 0) is 24.3 Å². The van der Waals surface area contributed by atoms with Crippen LogP contribution >= 0.6 is 0 Å². The van der Waals surface area contributed by atoms with Gasteiger partial charge >= 0.3 is 0 Å². The number of hydrogen-bond acceptors (Lipinski definition) is 4. The van der Waals surface area contributed by atoms with Gasteiger partial charge in [-0.05, 0) is 43.7 Å². The Balaban J connectivity index is 1.65. The van der Waals surface area contributed by atoms with Crippen molar-refractivity contribution in [1.82, 2.24) is 10.3 Å². The molecule has 0 aliphatic rings. The predicted octanol–water partition coefficient (Wildman–Crippen LogP) is 2.54. The van der Waals surface area contributed by atoms with E-state index in [4.69, 9.17) is 9.15 Å². The van der Waals surface area contributed by atoms with Crippen molar-refractivity contribution in [2.45, 2.75) is 26.0 Å². The maximum atomic E-state index is 5.65. The molecule has 0 unspecified atom stereocenters. The Morgan fingerprint density at radius 3 is 2.89 bits per heavy atom. The molecule has 0 bridgehead atoms. The third-order valence-electron chi connectivity index (χ3n) is 2.94. The van der Waals surface area contributed by atoms with Crippen LogP contribution in [0.3, 0.4) is 0 Å². The molecule has 0 atom stereocenters. The van der Waals surface area contributed by atoms with Gasteiger partial charge in [-0.15, -0.1) is 0 Å². The van der Waals surface area contributed by atoms with Crippen LogP contribution in [0.25, 0.3) is 0 Å². The highest BCUT2D eigenvalue weighted by Gasteiger charge is 2.05. The summed E-state index contributed by atoms with van der Waals surface area (Å²) in [6.07, 6.45) is 7.38. The Labute approximate surface area is 113 Å². The number of furan rings is 1. The minimum Gasteiger partial charge on any atom is -0.467 e. The van der Waals surface area contributed by atoms with Crippen molar-refractivity contribution in [3.8, 4) is 0 Å². The summed E-state index contributed by atoms with van der Waals surface area (Å²) in [5, 5.41) is 3.11. The van der Waals surface area contributed by atoms with Crippen molar-refractivity contribution in [3.63, 3.8) is 0 Å². The largest absolute Gasteiger partial charge is 0.467 e. The van der Waals surface area contributed by atoms with Gasteiger partial charge in [-0.1, -0.05) is 0 Å². The Morgan fingerprint density at radius 2 is 2.11 bits per heavy atom. The molecule has 102 valence electrons. The summed E-state index contributed by atoms with van der Waals surface area (Å²) in [4.78, 5) is 4.00. The van der Waals surface area contributed by atoms with Crippen molar-refractivity contribution in [2.75, 3.05) is 13.7 Å². The normalized spacial score (nSPS) is 10.8. The fraction of sp³-hybridized carbons (Fsp3) is 0.400. The third kappa shape index (κ3) is 4.50. The molecule has 0 aliphatic carbocycles. The molecule has 0 saturated heterocycles. The monoisotopic (exact) mass is 260 g/mol. The summed E-state index contributed by atoms with van der Waals surface area (Å²) in [5.74, 6) is 0.915. The number of aromatic nitrogens is 1. The highest BCUT2D eigenvalue weighted by Crippen LogP contribution is 2.12. The third-order valence-corrected chi connectivity index (χ3v) is 2.94. The Morgan fingerprint density at radius 1 is 1.26 bits per heavy atom. The van der Waals surface area contributed by atoms with Gasteiger partial charge in [0.2, 0.25) is 0 Å². The zero-order valence-electron chi connectivity index (χ0n) is 11.3. The quantitative estimate of drug-likeness (QED) is 0.741. The van der Waals surface area contributed by atoms with Gasteiger partial charge in [0, 0.05) is 31.1 Å². The number of ether oxygens (including phenoxy) is 1. The lowest BCUT2D eigenvalue weighted by Gasteiger charge is -2.05. The SMILES string of the molecule is CNCc1ccoc1COCCCc1ccncc1. The van der Waals surface area contributed by atoms with E-state index >= 15 is 0 Å². The molecule has 2 aromatic rings. The zero-order valence-corrected chi connectivity index (χ0v) is 11.3. The Kier molecular flexibility index (Phi) is 5.59. The van der Waals surface area contributed by atoms with E-state index in [1.54, 1.807) is 6.26 Å². The molecule has 2 rings (SSSR count). The van der Waals surface area contributed by atoms with Gasteiger partial charge in [-0.3, -0.25) is 4.98 Å². The van der Waals surface area contributed by atoms with Crippen LogP contribution in [0.5, 0.6) is 0 Å². The number of nitrogens with one attached hydrogen (secondary N) is 1. The van der Waals surface area contributed by atoms with Gasteiger partial charge in [0.05, 0.1) is 6.26 Å². The molecule has 0 fully saturated rings. The highest BCUT2D eigenvalue weighted by atomic mass is 16.5. The number of nitrogens with zero attached hydrogens (tertiary/aromatic N) is 1. The molecule has 0 radical (unpaired) electrons. The van der Waals surface area contributed by atoms with Gasteiger partial charge in [-0.2, -0.15) is 0 Å². The fourth-order valence-corrected chi connectivity index (χ4v) is 1.93. The zero-order chi connectivity index (χ0) is 13.3. The molecule has 1 N–H and O–H groups in total. The lowest BCUT2D eigenvalue weighted by atomic mass is 10.1. The van der Waals surface area contributed by atoms with Crippen molar-refractivity contribution in [3.05, 3.63) is 53.7 Å². The minimum atomic E-state index is 0.542. The number of pyridine rings is 1. The molecule has 4 heteroatoms. The van der Waals surface area contributed by atoms with Gasteiger partial charge in [-0.25, -0.2) is 0 Å². The van der Waals surface area contributed by atoms with Crippen molar-refractivity contribution in [1.29, 1.82) is 0 Å². The summed E-state index contributed by atoms with van der Waals surface area (Å²) < 4.78 is 11.1. The van der Waals surface area contributed by atoms with E-state index in [-0.39, 0.29) is 0 Å². The molecular weight excluding hydrogens is 240 g/mol. The summed E-state index contributed by atoms with van der Waals surface area (Å²) in [6, 6.07) is 6.06. The van der Waals surface area contributed by atoms with Crippen LogP contribution in [0.1, 0.15) is 23.3 Å². The average molecular weight is 260 g/mol. The molecule has 4 nitrogen and oxygen atoms in total. The van der Waals surface area contributed by atoms with Gasteiger partial charge < -0.3 is 14.5 Å². The predicted molar refractivity (Wildman–Crippen MR) is 73.7 cm³/mol. The molecular formula is C15H20N2O2. The van der Waals surface area contributed by atoms with Crippen LogP contribution in [-0.4, -0.2) is 18.6 Å². The average Bonchev–Trinajstić information content (AvgIpc) is 2.88. The van der Waals surface area contributed by atoms with Crippen LogP contribution in [0.2, 0.25) is 0 Å². The minimum absolute atomic E-state index is 0.542. The van der Waals surface area contributed by atoms with Crippen molar-refractivity contribution >= 4 is 0 Å². The van der Waals surface area contributed by atoms with Gasteiger partial charge in [0.15, 0.2) is 0 Å². The molecule has 2 heterocycles. The maximum Gasteiger partial charge on any atom is 0.133 e. The van der Waals surface area contributed by atoms with E-state index in [1.165, 1.54) is 5.56 Å². The first-order chi connectivity index (χ1) is 9.40. The second-order valence-corrected chi connectivity index (χ2v) is 4.41. The number of rotatable bonds is 8. The Bertz CT molecular complexity index is 468. The van der Waals surface area contributed by atoms with E-state index < -0.39 is 0 Å². The molecule has 0 aromatic carbocycles. The van der Waals surface area contributed by atoms with E-state index in [0.29, 0.717) is 6.61 Å². The van der Waals surface area contributed by atoms with E-state index in [9.17, 15) is 0 Å². The van der Waals surface area contributed by atoms with Crippen LogP contribution in [0.4, 0.5) is 0 Å². The van der Waals surface area contributed by atoms with Crippen molar-refractivity contribution in [2.24, 2.45) is 0 Å².